The molecule has 142 valence electrons. The second kappa shape index (κ2) is 8.23. The summed E-state index contributed by atoms with van der Waals surface area (Å²) >= 11 is 0. The van der Waals surface area contributed by atoms with Crippen LogP contribution in [0.1, 0.15) is 51.4 Å². The van der Waals surface area contributed by atoms with Gasteiger partial charge in [0.25, 0.3) is 0 Å². The Morgan fingerprint density at radius 3 is 2.19 bits per heavy atom. The fourth-order valence-electron chi connectivity index (χ4n) is 4.63. The molecule has 4 rings (SSSR count). The normalized spacial score (nSPS) is 22.5. The van der Waals surface area contributed by atoms with Crippen LogP contribution in [0.3, 0.4) is 0 Å². The average Bonchev–Trinajstić information content (AvgIpc) is 3.10. The molecule has 4 heterocycles. The molecule has 1 amide bonds. The average molecular weight is 358 g/mol. The molecule has 1 aromatic rings. The molecule has 0 atom stereocenters. The molecule has 0 radical (unpaired) electrons. The van der Waals surface area contributed by atoms with Crippen molar-refractivity contribution >= 4 is 17.4 Å². The van der Waals surface area contributed by atoms with Gasteiger partial charge in [0.15, 0.2) is 5.82 Å². The van der Waals surface area contributed by atoms with Crippen molar-refractivity contribution in [3.63, 3.8) is 0 Å². The van der Waals surface area contributed by atoms with Gasteiger partial charge in [-0.2, -0.15) is 0 Å². The van der Waals surface area contributed by atoms with Crippen LogP contribution in [0.15, 0.2) is 12.5 Å². The highest BCUT2D eigenvalue weighted by Crippen LogP contribution is 2.32. The zero-order valence-corrected chi connectivity index (χ0v) is 15.8. The molecule has 0 aliphatic carbocycles. The number of anilines is 2. The van der Waals surface area contributed by atoms with Crippen molar-refractivity contribution in [1.29, 1.82) is 0 Å². The molecule has 6 nitrogen and oxygen atoms in total. The molecule has 0 N–H and O–H groups in total. The van der Waals surface area contributed by atoms with Gasteiger partial charge < -0.3 is 14.7 Å². The number of piperidine rings is 1. The van der Waals surface area contributed by atoms with Gasteiger partial charge in [-0.05, 0) is 38.5 Å². The molecule has 26 heavy (non-hydrogen) atoms. The number of aromatic nitrogens is 2. The summed E-state index contributed by atoms with van der Waals surface area (Å²) in [5.74, 6) is 1.68. The summed E-state index contributed by atoms with van der Waals surface area (Å²) in [7, 11) is 0. The van der Waals surface area contributed by atoms with Crippen molar-refractivity contribution < 1.29 is 4.79 Å². The Morgan fingerprint density at radius 1 is 0.846 bits per heavy atom. The minimum atomic E-state index is 0.198. The molecule has 0 unspecified atom stereocenters. The maximum Gasteiger partial charge on any atom is 0.225 e. The lowest BCUT2D eigenvalue weighted by Gasteiger charge is -2.36. The van der Waals surface area contributed by atoms with Crippen LogP contribution >= 0.6 is 0 Å². The van der Waals surface area contributed by atoms with Crippen LogP contribution in [0.2, 0.25) is 0 Å². The molecular weight excluding hydrogens is 326 g/mol. The lowest BCUT2D eigenvalue weighted by molar-refractivity contribution is -0.136. The van der Waals surface area contributed by atoms with E-state index in [9.17, 15) is 4.79 Å². The van der Waals surface area contributed by atoms with Crippen LogP contribution in [-0.4, -0.2) is 60.0 Å². The minimum Gasteiger partial charge on any atom is -0.367 e. The molecule has 0 aromatic carbocycles. The van der Waals surface area contributed by atoms with E-state index in [1.807, 2.05) is 6.20 Å². The molecule has 3 aliphatic rings. The van der Waals surface area contributed by atoms with Gasteiger partial charge in [0, 0.05) is 45.2 Å². The summed E-state index contributed by atoms with van der Waals surface area (Å²) in [6.07, 6.45) is 12.9. The number of hydrogen-bond donors (Lipinski definition) is 0. The van der Waals surface area contributed by atoms with E-state index in [-0.39, 0.29) is 5.92 Å². The fraction of sp³-hybridized carbons (Fsp3) is 0.750. The van der Waals surface area contributed by atoms with E-state index < -0.39 is 0 Å². The van der Waals surface area contributed by atoms with Crippen LogP contribution in [0.5, 0.6) is 0 Å². The number of likely N-dealkylation sites (tertiary alicyclic amines) is 1. The highest BCUT2D eigenvalue weighted by Gasteiger charge is 2.30. The number of rotatable bonds is 3. The number of amides is 1. The molecular formula is C20H31N5O. The third-order valence-corrected chi connectivity index (χ3v) is 6.18. The van der Waals surface area contributed by atoms with Gasteiger partial charge in [-0.25, -0.2) is 9.97 Å². The Balaban J connectivity index is 1.38. The van der Waals surface area contributed by atoms with E-state index in [0.717, 1.165) is 63.6 Å². The lowest BCUT2D eigenvalue weighted by Crippen LogP contribution is -2.43. The molecule has 6 heteroatoms. The largest absolute Gasteiger partial charge is 0.367 e. The standard InChI is InChI=1S/C20H31N5O/c26-20(25-11-3-1-2-4-12-25)17-7-13-23(14-8-17)18-15-21-16-22-19(18)24-9-5-6-10-24/h15-17H,1-14H2. The molecule has 0 bridgehead atoms. The van der Waals surface area contributed by atoms with Gasteiger partial charge >= 0.3 is 0 Å². The van der Waals surface area contributed by atoms with Gasteiger partial charge in [0.05, 0.1) is 11.9 Å². The van der Waals surface area contributed by atoms with E-state index in [1.165, 1.54) is 38.5 Å². The van der Waals surface area contributed by atoms with E-state index in [2.05, 4.69) is 24.7 Å². The van der Waals surface area contributed by atoms with Gasteiger partial charge in [0.1, 0.15) is 6.33 Å². The molecule has 0 saturated carbocycles. The topological polar surface area (TPSA) is 52.6 Å². The predicted octanol–water partition coefficient (Wildman–Crippen LogP) is 2.70. The van der Waals surface area contributed by atoms with Gasteiger partial charge in [-0.1, -0.05) is 12.8 Å². The highest BCUT2D eigenvalue weighted by molar-refractivity contribution is 5.79. The fourth-order valence-corrected chi connectivity index (χ4v) is 4.63. The summed E-state index contributed by atoms with van der Waals surface area (Å²) in [6, 6.07) is 0. The molecule has 3 aliphatic heterocycles. The Bertz CT molecular complexity index is 600. The smallest absolute Gasteiger partial charge is 0.225 e. The Morgan fingerprint density at radius 2 is 1.50 bits per heavy atom. The first kappa shape index (κ1) is 17.6. The van der Waals surface area contributed by atoms with E-state index in [4.69, 9.17) is 0 Å². The van der Waals surface area contributed by atoms with Crippen molar-refractivity contribution in [2.45, 2.75) is 51.4 Å². The summed E-state index contributed by atoms with van der Waals surface area (Å²) in [6.45, 7) is 5.97. The first-order valence-electron chi connectivity index (χ1n) is 10.4. The zero-order valence-electron chi connectivity index (χ0n) is 15.8. The SMILES string of the molecule is O=C(C1CCN(c2cncnc2N2CCCC2)CC1)N1CCCCCC1. The van der Waals surface area contributed by atoms with E-state index in [0.29, 0.717) is 5.91 Å². The third-order valence-electron chi connectivity index (χ3n) is 6.18. The van der Waals surface area contributed by atoms with Crippen molar-refractivity contribution in [2.75, 3.05) is 49.1 Å². The van der Waals surface area contributed by atoms with Gasteiger partial charge in [-0.15, -0.1) is 0 Å². The Hall–Kier alpha value is -1.85. The Kier molecular flexibility index (Phi) is 5.56. The lowest BCUT2D eigenvalue weighted by atomic mass is 9.95. The maximum absolute atomic E-state index is 12.9. The van der Waals surface area contributed by atoms with E-state index in [1.54, 1.807) is 6.33 Å². The molecule has 0 spiro atoms. The van der Waals surface area contributed by atoms with Crippen molar-refractivity contribution in [2.24, 2.45) is 5.92 Å². The van der Waals surface area contributed by atoms with Crippen LogP contribution in [0.4, 0.5) is 11.5 Å². The van der Waals surface area contributed by atoms with Crippen LogP contribution < -0.4 is 9.80 Å². The molecule has 3 fully saturated rings. The quantitative estimate of drug-likeness (QED) is 0.832. The van der Waals surface area contributed by atoms with Crippen LogP contribution in [0, 0.1) is 5.92 Å². The van der Waals surface area contributed by atoms with Crippen molar-refractivity contribution in [1.82, 2.24) is 14.9 Å². The number of hydrogen-bond acceptors (Lipinski definition) is 5. The number of carbonyl (C=O) groups is 1. The van der Waals surface area contributed by atoms with Crippen LogP contribution in [0.25, 0.3) is 0 Å². The first-order chi connectivity index (χ1) is 12.8. The highest BCUT2D eigenvalue weighted by atomic mass is 16.2. The van der Waals surface area contributed by atoms with Gasteiger partial charge in [0.2, 0.25) is 5.91 Å². The zero-order chi connectivity index (χ0) is 17.8. The maximum atomic E-state index is 12.9. The summed E-state index contributed by atoms with van der Waals surface area (Å²) < 4.78 is 0. The van der Waals surface area contributed by atoms with E-state index >= 15 is 0 Å². The molecule has 3 saturated heterocycles. The predicted molar refractivity (Wildman–Crippen MR) is 103 cm³/mol. The summed E-state index contributed by atoms with van der Waals surface area (Å²) in [5, 5.41) is 0. The monoisotopic (exact) mass is 357 g/mol. The van der Waals surface area contributed by atoms with Crippen LogP contribution in [-0.2, 0) is 4.79 Å². The summed E-state index contributed by atoms with van der Waals surface area (Å²) in [5.41, 5.74) is 1.15. The van der Waals surface area contributed by atoms with Gasteiger partial charge in [-0.3, -0.25) is 4.79 Å². The second-order valence-corrected chi connectivity index (χ2v) is 7.93. The molecule has 1 aromatic heterocycles. The third kappa shape index (κ3) is 3.79. The Labute approximate surface area is 156 Å². The summed E-state index contributed by atoms with van der Waals surface area (Å²) in [4.78, 5) is 28.6. The number of carbonyl (C=O) groups excluding carboxylic acids is 1. The number of nitrogens with zero attached hydrogens (tertiary/aromatic N) is 5. The minimum absolute atomic E-state index is 0.198. The van der Waals surface area contributed by atoms with Crippen molar-refractivity contribution in [3.05, 3.63) is 12.5 Å². The first-order valence-corrected chi connectivity index (χ1v) is 10.4. The van der Waals surface area contributed by atoms with Crippen molar-refractivity contribution in [3.8, 4) is 0 Å². The second-order valence-electron chi connectivity index (χ2n) is 7.93.